The van der Waals surface area contributed by atoms with Gasteiger partial charge in [0.2, 0.25) is 0 Å². The van der Waals surface area contributed by atoms with Crippen molar-refractivity contribution in [2.45, 2.75) is 32.7 Å². The molecule has 2 rings (SSSR count). The van der Waals surface area contributed by atoms with Crippen molar-refractivity contribution in [1.82, 2.24) is 9.55 Å². The van der Waals surface area contributed by atoms with Crippen LogP contribution in [0.3, 0.4) is 0 Å². The van der Waals surface area contributed by atoms with Crippen molar-refractivity contribution in [2.24, 2.45) is 12.8 Å². The first-order chi connectivity index (χ1) is 10.9. The molecule has 0 aliphatic heterocycles. The number of nitrogens with zero attached hydrogens (tertiary/aromatic N) is 2. The molecule has 0 spiro atoms. The molecular weight excluding hydrogens is 306 g/mol. The molecule has 1 aromatic heterocycles. The van der Waals surface area contributed by atoms with Crippen LogP contribution in [0.2, 0.25) is 5.02 Å². The third-order valence-electron chi connectivity index (χ3n) is 4.25. The second-order valence-electron chi connectivity index (χ2n) is 5.87. The zero-order chi connectivity index (χ0) is 17.0. The molecule has 2 N–H and O–H groups in total. The van der Waals surface area contributed by atoms with Crippen molar-refractivity contribution >= 4 is 17.2 Å². The van der Waals surface area contributed by atoms with Gasteiger partial charge in [-0.2, -0.15) is 0 Å². The molecule has 2 aromatic rings. The monoisotopic (exact) mass is 329 g/mol. The van der Waals surface area contributed by atoms with Crippen LogP contribution in [0, 0.1) is 0 Å². The van der Waals surface area contributed by atoms with Crippen LogP contribution in [-0.2, 0) is 13.5 Å². The van der Waals surface area contributed by atoms with E-state index in [1.165, 1.54) is 11.1 Å². The van der Waals surface area contributed by atoms with Gasteiger partial charge in [-0.1, -0.05) is 35.9 Å². The van der Waals surface area contributed by atoms with Gasteiger partial charge in [0.05, 0.1) is 24.3 Å². The molecule has 3 nitrogen and oxygen atoms in total. The summed E-state index contributed by atoms with van der Waals surface area (Å²) in [6, 6.07) is 5.65. The summed E-state index contributed by atoms with van der Waals surface area (Å²) in [7, 11) is 1.93. The lowest BCUT2D eigenvalue weighted by Gasteiger charge is -2.19. The Morgan fingerprint density at radius 3 is 2.83 bits per heavy atom. The highest BCUT2D eigenvalue weighted by molar-refractivity contribution is 6.30. The quantitative estimate of drug-likeness (QED) is 0.781. The third-order valence-corrected chi connectivity index (χ3v) is 4.48. The lowest BCUT2D eigenvalue weighted by molar-refractivity contribution is 0.773. The van der Waals surface area contributed by atoms with E-state index < -0.39 is 0 Å². The van der Waals surface area contributed by atoms with Crippen LogP contribution in [-0.4, -0.2) is 9.55 Å². The molecule has 1 heterocycles. The lowest BCUT2D eigenvalue weighted by Crippen LogP contribution is -2.16. The molecule has 1 atom stereocenters. The molecule has 122 valence electrons. The number of hydrogen-bond acceptors (Lipinski definition) is 2. The molecule has 4 heteroatoms. The highest BCUT2D eigenvalue weighted by Crippen LogP contribution is 2.31. The fourth-order valence-corrected chi connectivity index (χ4v) is 2.73. The van der Waals surface area contributed by atoms with Gasteiger partial charge < -0.3 is 10.3 Å². The average molecular weight is 330 g/mol. The van der Waals surface area contributed by atoms with Gasteiger partial charge in [0.15, 0.2) is 0 Å². The fraction of sp³-hybridized carbons (Fsp3) is 0.316. The zero-order valence-electron chi connectivity index (χ0n) is 14.0. The van der Waals surface area contributed by atoms with Gasteiger partial charge in [0.1, 0.15) is 0 Å². The normalized spacial score (nSPS) is 13.2. The van der Waals surface area contributed by atoms with Gasteiger partial charge in [-0.05, 0) is 55.5 Å². The molecule has 0 saturated heterocycles. The lowest BCUT2D eigenvalue weighted by atomic mass is 9.91. The van der Waals surface area contributed by atoms with Crippen molar-refractivity contribution in [3.63, 3.8) is 0 Å². The molecular formula is C19H24ClN3. The van der Waals surface area contributed by atoms with Crippen molar-refractivity contribution in [3.05, 3.63) is 70.8 Å². The van der Waals surface area contributed by atoms with Crippen LogP contribution < -0.4 is 5.73 Å². The van der Waals surface area contributed by atoms with Crippen LogP contribution in [0.25, 0.3) is 5.57 Å². The maximum absolute atomic E-state index is 6.40. The minimum Gasteiger partial charge on any atom is -0.336 e. The Hall–Kier alpha value is -1.84. The minimum atomic E-state index is -0.303. The average Bonchev–Trinajstić information content (AvgIpc) is 2.97. The highest BCUT2D eigenvalue weighted by Gasteiger charge is 2.17. The third kappa shape index (κ3) is 4.12. The number of benzene rings is 1. The smallest absolute Gasteiger partial charge is 0.0946 e. The van der Waals surface area contributed by atoms with Crippen LogP contribution in [0.1, 0.15) is 43.1 Å². The zero-order valence-corrected chi connectivity index (χ0v) is 14.8. The molecule has 0 aliphatic rings. The van der Waals surface area contributed by atoms with Gasteiger partial charge in [0, 0.05) is 12.1 Å². The number of aryl methyl sites for hydroxylation is 2. The van der Waals surface area contributed by atoms with E-state index in [0.29, 0.717) is 5.02 Å². The van der Waals surface area contributed by atoms with E-state index >= 15 is 0 Å². The number of imidazole rings is 1. The largest absolute Gasteiger partial charge is 0.336 e. The summed E-state index contributed by atoms with van der Waals surface area (Å²) in [6.45, 7) is 8.44. The maximum atomic E-state index is 6.40. The summed E-state index contributed by atoms with van der Waals surface area (Å²) < 4.78 is 1.92. The number of allylic oxidation sites excluding steroid dienone is 2. The molecule has 23 heavy (non-hydrogen) atoms. The number of nitrogens with two attached hydrogens (primary N) is 1. The predicted octanol–water partition coefficient (Wildman–Crippen LogP) is 4.69. The fourth-order valence-electron chi connectivity index (χ4n) is 2.55. The Labute approximate surface area is 143 Å². The SMILES string of the molecule is C=C(c1cc(Cl)ccc1CC/C(C)=C\C)C(N)c1cncn1C. The summed E-state index contributed by atoms with van der Waals surface area (Å²) in [5, 5.41) is 0.699. The number of halogens is 1. The van der Waals surface area contributed by atoms with Crippen LogP contribution in [0.5, 0.6) is 0 Å². The second kappa shape index (κ2) is 7.62. The molecule has 0 bridgehead atoms. The van der Waals surface area contributed by atoms with E-state index in [1.54, 1.807) is 12.5 Å². The number of aromatic nitrogens is 2. The molecule has 0 aliphatic carbocycles. The number of rotatable bonds is 6. The Kier molecular flexibility index (Phi) is 5.80. The van der Waals surface area contributed by atoms with Crippen molar-refractivity contribution in [3.8, 4) is 0 Å². The molecule has 0 saturated carbocycles. The van der Waals surface area contributed by atoms with E-state index in [2.05, 4.69) is 37.6 Å². The Morgan fingerprint density at radius 1 is 1.48 bits per heavy atom. The number of hydrogen-bond donors (Lipinski definition) is 1. The Bertz CT molecular complexity index is 728. The second-order valence-corrected chi connectivity index (χ2v) is 6.31. The molecule has 1 unspecified atom stereocenters. The standard InChI is InChI=1S/C19H24ClN3/c1-5-13(2)6-7-15-8-9-16(20)10-17(15)14(3)19(21)18-11-22-12-23(18)4/h5,8-12,19H,3,6-7,21H2,1-2,4H3/b13-5-. The van der Waals surface area contributed by atoms with Crippen molar-refractivity contribution in [1.29, 1.82) is 0 Å². The summed E-state index contributed by atoms with van der Waals surface area (Å²) in [4.78, 5) is 4.14. The van der Waals surface area contributed by atoms with Crippen LogP contribution >= 0.6 is 11.6 Å². The summed E-state index contributed by atoms with van der Waals surface area (Å²) in [6.07, 6.45) is 7.63. The summed E-state index contributed by atoms with van der Waals surface area (Å²) >= 11 is 6.20. The van der Waals surface area contributed by atoms with Crippen LogP contribution in [0.4, 0.5) is 0 Å². The van der Waals surface area contributed by atoms with Crippen LogP contribution in [0.15, 0.2) is 49.0 Å². The van der Waals surface area contributed by atoms with Crippen molar-refractivity contribution in [2.75, 3.05) is 0 Å². The molecule has 0 fully saturated rings. The summed E-state index contributed by atoms with van der Waals surface area (Å²) in [5.74, 6) is 0. The maximum Gasteiger partial charge on any atom is 0.0946 e. The van der Waals surface area contributed by atoms with E-state index in [9.17, 15) is 0 Å². The van der Waals surface area contributed by atoms with E-state index in [1.807, 2.05) is 23.7 Å². The van der Waals surface area contributed by atoms with E-state index in [-0.39, 0.29) is 6.04 Å². The molecule has 0 amide bonds. The van der Waals surface area contributed by atoms with Gasteiger partial charge in [0.25, 0.3) is 0 Å². The van der Waals surface area contributed by atoms with Gasteiger partial charge in [-0.15, -0.1) is 0 Å². The van der Waals surface area contributed by atoms with Gasteiger partial charge in [-0.25, -0.2) is 4.98 Å². The molecule has 0 radical (unpaired) electrons. The topological polar surface area (TPSA) is 43.8 Å². The van der Waals surface area contributed by atoms with E-state index in [4.69, 9.17) is 17.3 Å². The highest BCUT2D eigenvalue weighted by atomic mass is 35.5. The Balaban J connectivity index is 2.31. The van der Waals surface area contributed by atoms with Crippen molar-refractivity contribution < 1.29 is 0 Å². The predicted molar refractivity (Wildman–Crippen MR) is 98.4 cm³/mol. The summed E-state index contributed by atoms with van der Waals surface area (Å²) in [5.41, 5.74) is 11.8. The first kappa shape index (κ1) is 17.5. The molecule has 1 aromatic carbocycles. The van der Waals surface area contributed by atoms with E-state index in [0.717, 1.165) is 29.7 Å². The van der Waals surface area contributed by atoms with Gasteiger partial charge in [-0.3, -0.25) is 0 Å². The van der Waals surface area contributed by atoms with Gasteiger partial charge >= 0.3 is 0 Å². The first-order valence-electron chi connectivity index (χ1n) is 7.75. The Morgan fingerprint density at radius 2 is 2.22 bits per heavy atom. The minimum absolute atomic E-state index is 0.303. The first-order valence-corrected chi connectivity index (χ1v) is 8.13.